The first-order valence-electron chi connectivity index (χ1n) is 2.98. The van der Waals surface area contributed by atoms with Gasteiger partial charge in [-0.1, -0.05) is 29.3 Å². The number of hydrogen-bond donors (Lipinski definition) is 0. The van der Waals surface area contributed by atoms with Gasteiger partial charge in [0.1, 0.15) is 0 Å². The first kappa shape index (κ1) is 7.90. The lowest BCUT2D eigenvalue weighted by atomic mass is 10.2. The summed E-state index contributed by atoms with van der Waals surface area (Å²) in [7, 11) is 0. The van der Waals surface area contributed by atoms with Crippen molar-refractivity contribution in [3.8, 4) is 0 Å². The normalized spacial score (nSPS) is 9.90. The van der Waals surface area contributed by atoms with E-state index in [9.17, 15) is 0 Å². The molecule has 10 heavy (non-hydrogen) atoms. The van der Waals surface area contributed by atoms with E-state index in [0.717, 1.165) is 5.56 Å². The van der Waals surface area contributed by atoms with Crippen molar-refractivity contribution >= 4 is 23.2 Å². The maximum absolute atomic E-state index is 5.81. The van der Waals surface area contributed by atoms with Crippen LogP contribution in [0.3, 0.4) is 0 Å². The Morgan fingerprint density at radius 3 is 2.00 bits per heavy atom. The van der Waals surface area contributed by atoms with Crippen LogP contribution in [0.5, 0.6) is 0 Å². The van der Waals surface area contributed by atoms with Gasteiger partial charge in [-0.2, -0.15) is 0 Å². The fourth-order valence-corrected chi connectivity index (χ4v) is 1.36. The summed E-state index contributed by atoms with van der Waals surface area (Å²) < 4.78 is 0. The van der Waals surface area contributed by atoms with Crippen LogP contribution in [0.2, 0.25) is 10.0 Å². The van der Waals surface area contributed by atoms with E-state index in [4.69, 9.17) is 23.2 Å². The molecule has 0 aliphatic heterocycles. The Hall–Kier alpha value is -0.200. The third-order valence-corrected chi connectivity index (χ3v) is 2.02. The minimum Gasteiger partial charge on any atom is -0.0840 e. The summed E-state index contributed by atoms with van der Waals surface area (Å²) in [6.45, 7) is 3.71. The van der Waals surface area contributed by atoms with E-state index in [-0.39, 0.29) is 0 Å². The van der Waals surface area contributed by atoms with Crippen molar-refractivity contribution in [1.82, 2.24) is 0 Å². The van der Waals surface area contributed by atoms with E-state index in [2.05, 4.69) is 6.92 Å². The van der Waals surface area contributed by atoms with Gasteiger partial charge in [-0.3, -0.25) is 0 Å². The number of halogens is 2. The lowest BCUT2D eigenvalue weighted by Gasteiger charge is -2.01. The Balaban J connectivity index is 3.17. The van der Waals surface area contributed by atoms with Crippen LogP contribution in [0.15, 0.2) is 18.2 Å². The number of rotatable bonds is 1. The minimum absolute atomic E-state index is 0.637. The maximum Gasteiger partial charge on any atom is 0.0452 e. The second-order valence-corrected chi connectivity index (χ2v) is 2.76. The van der Waals surface area contributed by atoms with Gasteiger partial charge in [0.15, 0.2) is 0 Å². The van der Waals surface area contributed by atoms with Gasteiger partial charge in [0.05, 0.1) is 0 Å². The van der Waals surface area contributed by atoms with E-state index in [1.807, 2.05) is 18.2 Å². The molecule has 0 saturated heterocycles. The Morgan fingerprint density at radius 2 is 1.70 bits per heavy atom. The van der Waals surface area contributed by atoms with Gasteiger partial charge < -0.3 is 0 Å². The molecule has 0 N–H and O–H groups in total. The average Bonchev–Trinajstić information content (AvgIpc) is 1.88. The predicted molar refractivity (Wildman–Crippen MR) is 45.5 cm³/mol. The van der Waals surface area contributed by atoms with Crippen LogP contribution in [0.1, 0.15) is 5.56 Å². The van der Waals surface area contributed by atoms with E-state index < -0.39 is 0 Å². The average molecular weight is 174 g/mol. The fraction of sp³-hybridized carbons (Fsp3) is 0.125. The summed E-state index contributed by atoms with van der Waals surface area (Å²) in [6.07, 6.45) is 0.637. The molecule has 0 aliphatic rings. The minimum atomic E-state index is 0.637. The molecule has 0 fully saturated rings. The largest absolute Gasteiger partial charge is 0.0840 e. The first-order chi connectivity index (χ1) is 4.75. The SMILES string of the molecule is [CH2]Cc1c(Cl)cccc1Cl. The summed E-state index contributed by atoms with van der Waals surface area (Å²) >= 11 is 11.6. The molecule has 0 amide bonds. The molecule has 2 heteroatoms. The molecule has 0 heterocycles. The van der Waals surface area contributed by atoms with Crippen molar-refractivity contribution in [2.75, 3.05) is 0 Å². The predicted octanol–water partition coefficient (Wildman–Crippen LogP) is 3.37. The standard InChI is InChI=1S/C8H7Cl2/c1-2-6-7(9)4-3-5-8(6)10/h3-5H,1-2H2. The molecule has 0 spiro atoms. The molecule has 0 bridgehead atoms. The van der Waals surface area contributed by atoms with Gasteiger partial charge in [-0.25, -0.2) is 0 Å². The van der Waals surface area contributed by atoms with E-state index in [0.29, 0.717) is 16.5 Å². The zero-order chi connectivity index (χ0) is 7.56. The molecule has 0 nitrogen and oxygen atoms in total. The fourth-order valence-electron chi connectivity index (χ4n) is 0.771. The monoisotopic (exact) mass is 173 g/mol. The Morgan fingerprint density at radius 1 is 1.20 bits per heavy atom. The summed E-state index contributed by atoms with van der Waals surface area (Å²) in [5.74, 6) is 0. The van der Waals surface area contributed by atoms with Gasteiger partial charge in [0.2, 0.25) is 0 Å². The van der Waals surface area contributed by atoms with Crippen LogP contribution in [-0.4, -0.2) is 0 Å². The molecule has 1 aromatic carbocycles. The smallest absolute Gasteiger partial charge is 0.0452 e. The topological polar surface area (TPSA) is 0 Å². The first-order valence-corrected chi connectivity index (χ1v) is 3.73. The van der Waals surface area contributed by atoms with Crippen molar-refractivity contribution in [2.24, 2.45) is 0 Å². The van der Waals surface area contributed by atoms with Crippen molar-refractivity contribution < 1.29 is 0 Å². The van der Waals surface area contributed by atoms with Gasteiger partial charge in [-0.15, -0.1) is 0 Å². The summed E-state index contributed by atoms with van der Waals surface area (Å²) in [5, 5.41) is 1.39. The molecule has 1 rings (SSSR count). The highest BCUT2D eigenvalue weighted by atomic mass is 35.5. The van der Waals surface area contributed by atoms with Crippen molar-refractivity contribution in [1.29, 1.82) is 0 Å². The van der Waals surface area contributed by atoms with Gasteiger partial charge in [0.25, 0.3) is 0 Å². The molecule has 0 aromatic heterocycles. The van der Waals surface area contributed by atoms with Crippen molar-refractivity contribution in [3.05, 3.63) is 40.7 Å². The Labute approximate surface area is 70.8 Å². The van der Waals surface area contributed by atoms with Crippen LogP contribution in [0.25, 0.3) is 0 Å². The third kappa shape index (κ3) is 1.44. The molecular formula is C8H7Cl2. The highest BCUT2D eigenvalue weighted by Gasteiger charge is 2.00. The lowest BCUT2D eigenvalue weighted by molar-refractivity contribution is 1.27. The molecular weight excluding hydrogens is 167 g/mol. The Bertz CT molecular complexity index is 210. The van der Waals surface area contributed by atoms with Crippen molar-refractivity contribution in [2.45, 2.75) is 6.42 Å². The molecule has 0 atom stereocenters. The van der Waals surface area contributed by atoms with E-state index >= 15 is 0 Å². The van der Waals surface area contributed by atoms with Gasteiger partial charge in [-0.05, 0) is 31.0 Å². The van der Waals surface area contributed by atoms with Crippen LogP contribution in [0.4, 0.5) is 0 Å². The second kappa shape index (κ2) is 3.27. The molecule has 1 aromatic rings. The van der Waals surface area contributed by atoms with Crippen LogP contribution < -0.4 is 0 Å². The molecule has 0 saturated carbocycles. The molecule has 1 radical (unpaired) electrons. The quantitative estimate of drug-likeness (QED) is 0.612. The Kier molecular flexibility index (Phi) is 2.58. The number of hydrogen-bond acceptors (Lipinski definition) is 0. The zero-order valence-corrected chi connectivity index (χ0v) is 6.91. The van der Waals surface area contributed by atoms with E-state index in [1.165, 1.54) is 0 Å². The maximum atomic E-state index is 5.81. The van der Waals surface area contributed by atoms with Crippen LogP contribution >= 0.6 is 23.2 Å². The van der Waals surface area contributed by atoms with E-state index in [1.54, 1.807) is 0 Å². The number of benzene rings is 1. The lowest BCUT2D eigenvalue weighted by Crippen LogP contribution is -1.82. The highest BCUT2D eigenvalue weighted by molar-refractivity contribution is 6.35. The summed E-state index contributed by atoms with van der Waals surface area (Å²) in [5.41, 5.74) is 0.922. The van der Waals surface area contributed by atoms with Gasteiger partial charge >= 0.3 is 0 Å². The van der Waals surface area contributed by atoms with Crippen LogP contribution in [0, 0.1) is 6.92 Å². The third-order valence-electron chi connectivity index (χ3n) is 1.31. The second-order valence-electron chi connectivity index (χ2n) is 1.95. The zero-order valence-electron chi connectivity index (χ0n) is 5.40. The molecule has 0 unspecified atom stereocenters. The van der Waals surface area contributed by atoms with Crippen LogP contribution in [-0.2, 0) is 6.42 Å². The molecule has 53 valence electrons. The molecule has 0 aliphatic carbocycles. The summed E-state index contributed by atoms with van der Waals surface area (Å²) in [6, 6.07) is 5.45. The van der Waals surface area contributed by atoms with Gasteiger partial charge in [0, 0.05) is 10.0 Å². The highest BCUT2D eigenvalue weighted by Crippen LogP contribution is 2.23. The summed E-state index contributed by atoms with van der Waals surface area (Å²) in [4.78, 5) is 0. The van der Waals surface area contributed by atoms with Crippen molar-refractivity contribution in [3.63, 3.8) is 0 Å².